The van der Waals surface area contributed by atoms with Gasteiger partial charge in [-0.05, 0) is 35.9 Å². The van der Waals surface area contributed by atoms with Gasteiger partial charge in [0.05, 0.1) is 17.1 Å². The molecule has 1 aliphatic heterocycles. The van der Waals surface area contributed by atoms with Crippen LogP contribution in [0, 0.1) is 0 Å². The molecule has 26 heavy (non-hydrogen) atoms. The van der Waals surface area contributed by atoms with Gasteiger partial charge in [-0.25, -0.2) is 0 Å². The molecule has 130 valence electrons. The number of fused-ring (bicyclic) bond motifs is 1. The molecule has 0 saturated carbocycles. The molecule has 7 heteroatoms. The number of allylic oxidation sites excluding steroid dienone is 1. The third-order valence-electron chi connectivity index (χ3n) is 4.08. The summed E-state index contributed by atoms with van der Waals surface area (Å²) in [6, 6.07) is 13.1. The predicted molar refractivity (Wildman–Crippen MR) is 111 cm³/mol. The first-order chi connectivity index (χ1) is 12.5. The van der Waals surface area contributed by atoms with Crippen molar-refractivity contribution in [3.05, 3.63) is 77.6 Å². The van der Waals surface area contributed by atoms with E-state index in [1.807, 2.05) is 36.4 Å². The Morgan fingerprint density at radius 2 is 2.08 bits per heavy atom. The number of hydrogen-bond donors (Lipinski definition) is 1. The van der Waals surface area contributed by atoms with E-state index in [2.05, 4.69) is 20.9 Å². The number of hydrogen-bond acceptors (Lipinski definition) is 4. The highest BCUT2D eigenvalue weighted by Gasteiger charge is 2.17. The average Bonchev–Trinajstić information content (AvgIpc) is 3.13. The van der Waals surface area contributed by atoms with Crippen molar-refractivity contribution < 1.29 is 5.11 Å². The molecule has 0 saturated heterocycles. The van der Waals surface area contributed by atoms with Crippen molar-refractivity contribution in [1.82, 2.24) is 4.57 Å². The topological polar surface area (TPSA) is 54.6 Å². The molecule has 2 heterocycles. The van der Waals surface area contributed by atoms with Crippen LogP contribution in [0.5, 0.6) is 5.88 Å². The monoisotopic (exact) mass is 446 g/mol. The second kappa shape index (κ2) is 6.87. The van der Waals surface area contributed by atoms with E-state index in [9.17, 15) is 9.90 Å². The summed E-state index contributed by atoms with van der Waals surface area (Å²) in [6.07, 6.45) is 3.52. The van der Waals surface area contributed by atoms with Gasteiger partial charge in [-0.1, -0.05) is 57.1 Å². The second-order valence-corrected chi connectivity index (χ2v) is 8.07. The lowest BCUT2D eigenvalue weighted by molar-refractivity contribution is 0.420. The van der Waals surface area contributed by atoms with Crippen molar-refractivity contribution in [3.63, 3.8) is 0 Å². The molecule has 4 nitrogen and oxygen atoms in total. The van der Waals surface area contributed by atoms with Crippen LogP contribution in [0.1, 0.15) is 16.0 Å². The summed E-state index contributed by atoms with van der Waals surface area (Å²) >= 11 is 10.6. The first kappa shape index (κ1) is 17.3. The van der Waals surface area contributed by atoms with Gasteiger partial charge in [0.1, 0.15) is 0 Å². The number of nitrogens with zero attached hydrogens (tertiary/aromatic N) is 2. The fourth-order valence-corrected chi connectivity index (χ4v) is 4.15. The summed E-state index contributed by atoms with van der Waals surface area (Å²) in [6.45, 7) is 0.222. The Kier molecular flexibility index (Phi) is 4.56. The smallest absolute Gasteiger partial charge is 0.310 e. The van der Waals surface area contributed by atoms with E-state index in [1.165, 1.54) is 4.57 Å². The quantitative estimate of drug-likeness (QED) is 0.589. The molecule has 0 fully saturated rings. The van der Waals surface area contributed by atoms with Gasteiger partial charge in [-0.3, -0.25) is 14.4 Å². The number of benzene rings is 2. The molecule has 0 radical (unpaired) electrons. The minimum Gasteiger partial charge on any atom is -0.493 e. The molecule has 0 spiro atoms. The Morgan fingerprint density at radius 1 is 1.27 bits per heavy atom. The maximum atomic E-state index is 12.4. The molecule has 0 amide bonds. The van der Waals surface area contributed by atoms with E-state index in [1.54, 1.807) is 18.4 Å². The van der Waals surface area contributed by atoms with Crippen LogP contribution in [-0.4, -0.2) is 15.9 Å². The Labute approximate surface area is 166 Å². The molecule has 0 bridgehead atoms. The van der Waals surface area contributed by atoms with Gasteiger partial charge >= 0.3 is 4.87 Å². The van der Waals surface area contributed by atoms with Crippen LogP contribution in [0.3, 0.4) is 0 Å². The van der Waals surface area contributed by atoms with Crippen molar-refractivity contribution in [2.24, 2.45) is 4.99 Å². The lowest BCUT2D eigenvalue weighted by Crippen LogP contribution is -2.13. The zero-order valence-corrected chi connectivity index (χ0v) is 16.5. The van der Waals surface area contributed by atoms with Gasteiger partial charge in [0.2, 0.25) is 5.88 Å². The first-order valence-corrected chi connectivity index (χ1v) is 9.73. The molecule has 0 aliphatic carbocycles. The summed E-state index contributed by atoms with van der Waals surface area (Å²) in [4.78, 5) is 17.0. The molecule has 3 aromatic rings. The van der Waals surface area contributed by atoms with Gasteiger partial charge < -0.3 is 5.11 Å². The predicted octanol–water partition coefficient (Wildman–Crippen LogP) is 5.34. The van der Waals surface area contributed by atoms with E-state index in [0.29, 0.717) is 9.90 Å². The Morgan fingerprint density at radius 3 is 2.88 bits per heavy atom. The van der Waals surface area contributed by atoms with Gasteiger partial charge in [0.15, 0.2) is 0 Å². The molecule has 1 N–H and O–H groups in total. The van der Waals surface area contributed by atoms with Crippen molar-refractivity contribution >= 4 is 62.4 Å². The van der Waals surface area contributed by atoms with Crippen LogP contribution >= 0.6 is 38.9 Å². The van der Waals surface area contributed by atoms with Crippen LogP contribution in [0.2, 0.25) is 5.02 Å². The highest BCUT2D eigenvalue weighted by molar-refractivity contribution is 9.10. The van der Waals surface area contributed by atoms with Crippen LogP contribution in [0.4, 0.5) is 5.69 Å². The van der Waals surface area contributed by atoms with Gasteiger partial charge in [0.25, 0.3) is 0 Å². The minimum absolute atomic E-state index is 0.0655. The minimum atomic E-state index is -0.237. The largest absolute Gasteiger partial charge is 0.493 e. The number of halogens is 2. The standard InChI is InChI=1S/C19H12BrClN2O2S/c20-13-5-6-16-14(8-13)12(9-22-16)7-17-18(24)23(19(25)26-17)10-11-3-1-2-4-15(11)21/h1-9,24H,10H2. The number of rotatable bonds is 3. The van der Waals surface area contributed by atoms with E-state index in [-0.39, 0.29) is 17.3 Å². The van der Waals surface area contributed by atoms with Crippen molar-refractivity contribution in [3.8, 4) is 5.88 Å². The van der Waals surface area contributed by atoms with E-state index in [0.717, 1.165) is 38.2 Å². The highest BCUT2D eigenvalue weighted by Crippen LogP contribution is 2.36. The van der Waals surface area contributed by atoms with Crippen LogP contribution < -0.4 is 4.87 Å². The normalized spacial score (nSPS) is 14.2. The zero-order chi connectivity index (χ0) is 18.3. The number of aromatic nitrogens is 1. The summed E-state index contributed by atoms with van der Waals surface area (Å²) in [7, 11) is 0. The SMILES string of the molecule is O=c1sc(C=C2C=Nc3ccc(Br)cc32)c(O)n1Cc1ccccc1Cl. The summed E-state index contributed by atoms with van der Waals surface area (Å²) < 4.78 is 2.27. The molecule has 1 aromatic heterocycles. The van der Waals surface area contributed by atoms with Crippen LogP contribution in [0.25, 0.3) is 11.6 Å². The van der Waals surface area contributed by atoms with Gasteiger partial charge in [-0.15, -0.1) is 0 Å². The lowest BCUT2D eigenvalue weighted by Gasteiger charge is -2.06. The van der Waals surface area contributed by atoms with Crippen LogP contribution in [0.15, 0.2) is 56.7 Å². The second-order valence-electron chi connectivity index (χ2n) is 5.75. The molecule has 0 unspecified atom stereocenters. The molecule has 0 atom stereocenters. The number of aromatic hydroxyl groups is 1. The number of aliphatic imine (C=N–C) groups is 1. The van der Waals surface area contributed by atoms with E-state index < -0.39 is 0 Å². The molecule has 4 rings (SSSR count). The summed E-state index contributed by atoms with van der Waals surface area (Å²) in [5.74, 6) is -0.0655. The van der Waals surface area contributed by atoms with Gasteiger partial charge in [-0.2, -0.15) is 0 Å². The maximum absolute atomic E-state index is 12.4. The zero-order valence-electron chi connectivity index (χ0n) is 13.3. The Balaban J connectivity index is 1.73. The van der Waals surface area contributed by atoms with Crippen molar-refractivity contribution in [2.75, 3.05) is 0 Å². The maximum Gasteiger partial charge on any atom is 0.310 e. The fraction of sp³-hybridized carbons (Fsp3) is 0.0526. The average molecular weight is 448 g/mol. The summed E-state index contributed by atoms with van der Waals surface area (Å²) in [5, 5.41) is 11.1. The van der Waals surface area contributed by atoms with Crippen molar-refractivity contribution in [1.29, 1.82) is 0 Å². The third kappa shape index (κ3) is 3.16. The highest BCUT2D eigenvalue weighted by atomic mass is 79.9. The fourth-order valence-electron chi connectivity index (χ4n) is 2.76. The van der Waals surface area contributed by atoms with Crippen LogP contribution in [-0.2, 0) is 6.54 Å². The van der Waals surface area contributed by atoms with Crippen molar-refractivity contribution in [2.45, 2.75) is 6.54 Å². The molecular weight excluding hydrogens is 436 g/mol. The Bertz CT molecular complexity index is 1130. The van der Waals surface area contributed by atoms with E-state index in [4.69, 9.17) is 11.6 Å². The summed E-state index contributed by atoms with van der Waals surface area (Å²) in [5.41, 5.74) is 3.45. The molecule has 2 aromatic carbocycles. The molecule has 1 aliphatic rings. The number of thiazole rings is 1. The van der Waals surface area contributed by atoms with Gasteiger partial charge in [0, 0.05) is 26.8 Å². The Hall–Kier alpha value is -2.15. The third-order valence-corrected chi connectivity index (χ3v) is 5.86. The molecular formula is C19H12BrClN2O2S. The first-order valence-electron chi connectivity index (χ1n) is 7.74. The van der Waals surface area contributed by atoms with E-state index >= 15 is 0 Å². The lowest BCUT2D eigenvalue weighted by atomic mass is 10.1.